The molecule has 4 nitrogen and oxygen atoms in total. The molecule has 0 atom stereocenters. The van der Waals surface area contributed by atoms with Gasteiger partial charge in [0.1, 0.15) is 5.75 Å². The fourth-order valence-corrected chi connectivity index (χ4v) is 1.24. The van der Waals surface area contributed by atoms with Gasteiger partial charge in [0, 0.05) is 0 Å². The van der Waals surface area contributed by atoms with Crippen molar-refractivity contribution in [1.29, 1.82) is 0 Å². The number of rotatable bonds is 3. The largest absolute Gasteiger partial charge is 0.484 e. The van der Waals surface area contributed by atoms with Crippen molar-refractivity contribution in [1.82, 2.24) is 0 Å². The minimum Gasteiger partial charge on any atom is -0.484 e. The zero-order chi connectivity index (χ0) is 11.3. The van der Waals surface area contributed by atoms with E-state index in [2.05, 4.69) is 4.99 Å². The summed E-state index contributed by atoms with van der Waals surface area (Å²) >= 11 is 0. The molecule has 0 aliphatic carbocycles. The maximum Gasteiger partial charge on any atom is 0.294 e. The second kappa shape index (κ2) is 5.08. The minimum atomic E-state index is -0.635. The third-order valence-electron chi connectivity index (χ3n) is 1.73. The zero-order valence-electron chi connectivity index (χ0n) is 8.61. The number of hydrogen-bond acceptors (Lipinski definition) is 3. The van der Waals surface area contributed by atoms with Crippen molar-refractivity contribution < 1.29 is 14.3 Å². The Hall–Kier alpha value is -1.93. The molecule has 78 valence electrons. The Morgan fingerprint density at radius 2 is 1.93 bits per heavy atom. The highest BCUT2D eigenvalue weighted by Gasteiger charge is 2.01. The van der Waals surface area contributed by atoms with Crippen molar-refractivity contribution in [2.45, 2.75) is 13.8 Å². The number of benzene rings is 1. The Morgan fingerprint density at radius 1 is 1.33 bits per heavy atom. The first-order valence-corrected chi connectivity index (χ1v) is 4.43. The summed E-state index contributed by atoms with van der Waals surface area (Å²) < 4.78 is 5.16. The van der Waals surface area contributed by atoms with Gasteiger partial charge in [-0.25, -0.2) is 4.79 Å². The molecule has 0 fully saturated rings. The highest BCUT2D eigenvalue weighted by molar-refractivity contribution is 5.82. The first-order valence-electron chi connectivity index (χ1n) is 4.43. The van der Waals surface area contributed by atoms with Gasteiger partial charge in [0.05, 0.1) is 0 Å². The Bertz CT molecular complexity index is 400. The second-order valence-corrected chi connectivity index (χ2v) is 3.21. The Morgan fingerprint density at radius 3 is 2.47 bits per heavy atom. The third-order valence-corrected chi connectivity index (χ3v) is 1.73. The highest BCUT2D eigenvalue weighted by atomic mass is 16.5. The molecule has 0 aliphatic heterocycles. The van der Waals surface area contributed by atoms with E-state index in [1.807, 2.05) is 32.0 Å². The normalized spacial score (nSPS) is 9.20. The van der Waals surface area contributed by atoms with E-state index in [4.69, 9.17) is 4.74 Å². The van der Waals surface area contributed by atoms with Gasteiger partial charge in [-0.1, -0.05) is 6.07 Å². The van der Waals surface area contributed by atoms with Crippen LogP contribution in [0.1, 0.15) is 11.1 Å². The Balaban J connectivity index is 2.65. The van der Waals surface area contributed by atoms with Crippen LogP contribution in [0, 0.1) is 13.8 Å². The quantitative estimate of drug-likeness (QED) is 0.555. The number of amides is 1. The summed E-state index contributed by atoms with van der Waals surface area (Å²) in [5.74, 6) is -0.0360. The van der Waals surface area contributed by atoms with E-state index in [1.54, 1.807) is 0 Å². The fourth-order valence-electron chi connectivity index (χ4n) is 1.24. The van der Waals surface area contributed by atoms with Crippen LogP contribution < -0.4 is 4.74 Å². The molecular formula is C11H11NO3. The molecule has 0 saturated heterocycles. The van der Waals surface area contributed by atoms with Gasteiger partial charge in [-0.2, -0.15) is 0 Å². The predicted octanol–water partition coefficient (Wildman–Crippen LogP) is 1.54. The summed E-state index contributed by atoms with van der Waals surface area (Å²) in [4.78, 5) is 23.5. The lowest BCUT2D eigenvalue weighted by Gasteiger charge is -2.05. The van der Waals surface area contributed by atoms with Crippen LogP contribution in [-0.2, 0) is 9.59 Å². The molecule has 1 aromatic rings. The smallest absolute Gasteiger partial charge is 0.294 e. The minimum absolute atomic E-state index is 0.238. The van der Waals surface area contributed by atoms with E-state index < -0.39 is 5.91 Å². The molecule has 0 bridgehead atoms. The molecule has 0 heterocycles. The molecule has 1 aromatic carbocycles. The number of carbonyl (C=O) groups excluding carboxylic acids is 2. The SMILES string of the molecule is Cc1cc(C)cc(OCC(=O)N=C=O)c1. The lowest BCUT2D eigenvalue weighted by molar-refractivity contribution is -0.119. The zero-order valence-corrected chi connectivity index (χ0v) is 8.61. The maximum absolute atomic E-state index is 10.8. The van der Waals surface area contributed by atoms with Crippen LogP contribution in [0.2, 0.25) is 0 Å². The summed E-state index contributed by atoms with van der Waals surface area (Å²) in [6.45, 7) is 3.63. The predicted molar refractivity (Wildman–Crippen MR) is 54.5 cm³/mol. The first kappa shape index (κ1) is 11.1. The fraction of sp³-hybridized carbons (Fsp3) is 0.273. The van der Waals surface area contributed by atoms with E-state index in [0.29, 0.717) is 5.75 Å². The van der Waals surface area contributed by atoms with Crippen LogP contribution >= 0.6 is 0 Å². The number of isocyanates is 1. The van der Waals surface area contributed by atoms with Gasteiger partial charge in [-0.15, -0.1) is 4.99 Å². The number of hydrogen-bond donors (Lipinski definition) is 0. The molecule has 0 unspecified atom stereocenters. The van der Waals surface area contributed by atoms with E-state index in [1.165, 1.54) is 6.08 Å². The van der Waals surface area contributed by atoms with Crippen molar-refractivity contribution in [2.75, 3.05) is 6.61 Å². The van der Waals surface area contributed by atoms with Gasteiger partial charge in [0.2, 0.25) is 6.08 Å². The molecule has 0 aromatic heterocycles. The lowest BCUT2D eigenvalue weighted by atomic mass is 10.1. The lowest BCUT2D eigenvalue weighted by Crippen LogP contribution is -2.08. The number of nitrogens with zero attached hydrogens (tertiary/aromatic N) is 1. The van der Waals surface area contributed by atoms with E-state index in [0.717, 1.165) is 11.1 Å². The van der Waals surface area contributed by atoms with Crippen molar-refractivity contribution in [3.63, 3.8) is 0 Å². The Labute approximate surface area is 87.6 Å². The molecule has 0 saturated carbocycles. The van der Waals surface area contributed by atoms with Crippen LogP contribution in [0.4, 0.5) is 0 Å². The molecule has 4 heteroatoms. The Kier molecular flexibility index (Phi) is 3.77. The molecule has 0 aliphatic rings. The molecule has 1 rings (SSSR count). The molecule has 0 radical (unpaired) electrons. The van der Waals surface area contributed by atoms with Crippen LogP contribution in [0.5, 0.6) is 5.75 Å². The van der Waals surface area contributed by atoms with Crippen LogP contribution in [-0.4, -0.2) is 18.6 Å². The van der Waals surface area contributed by atoms with Gasteiger partial charge in [-0.05, 0) is 37.1 Å². The van der Waals surface area contributed by atoms with Gasteiger partial charge in [0.25, 0.3) is 5.91 Å². The summed E-state index contributed by atoms with van der Waals surface area (Å²) in [5, 5.41) is 0. The molecule has 1 amide bonds. The molecular weight excluding hydrogens is 194 g/mol. The van der Waals surface area contributed by atoms with Crippen molar-refractivity contribution in [2.24, 2.45) is 4.99 Å². The summed E-state index contributed by atoms with van der Waals surface area (Å²) in [6, 6.07) is 5.62. The van der Waals surface area contributed by atoms with E-state index in [9.17, 15) is 9.59 Å². The van der Waals surface area contributed by atoms with Gasteiger partial charge in [0.15, 0.2) is 6.61 Å². The maximum atomic E-state index is 10.8. The van der Waals surface area contributed by atoms with Crippen molar-refractivity contribution in [3.05, 3.63) is 29.3 Å². The summed E-state index contributed by atoms with van der Waals surface area (Å²) in [7, 11) is 0. The van der Waals surface area contributed by atoms with Crippen molar-refractivity contribution in [3.8, 4) is 5.75 Å². The first-order chi connectivity index (χ1) is 7.11. The van der Waals surface area contributed by atoms with Gasteiger partial charge >= 0.3 is 0 Å². The molecule has 0 N–H and O–H groups in total. The second-order valence-electron chi connectivity index (χ2n) is 3.21. The monoisotopic (exact) mass is 205 g/mol. The van der Waals surface area contributed by atoms with Crippen molar-refractivity contribution >= 4 is 12.0 Å². The topological polar surface area (TPSA) is 55.7 Å². The van der Waals surface area contributed by atoms with E-state index >= 15 is 0 Å². The van der Waals surface area contributed by atoms with E-state index in [-0.39, 0.29) is 6.61 Å². The molecule has 0 spiro atoms. The third kappa shape index (κ3) is 3.75. The number of aryl methyl sites for hydroxylation is 2. The summed E-state index contributed by atoms with van der Waals surface area (Å²) in [5.41, 5.74) is 2.10. The average molecular weight is 205 g/mol. The molecule has 15 heavy (non-hydrogen) atoms. The highest BCUT2D eigenvalue weighted by Crippen LogP contribution is 2.15. The van der Waals surface area contributed by atoms with Crippen LogP contribution in [0.25, 0.3) is 0 Å². The number of ether oxygens (including phenoxy) is 1. The van der Waals surface area contributed by atoms with Crippen LogP contribution in [0.3, 0.4) is 0 Å². The number of aliphatic imine (C=N–C) groups is 1. The standard InChI is InChI=1S/C11H11NO3/c1-8-3-9(2)5-10(4-8)15-6-11(14)12-7-13/h3-5H,6H2,1-2H3. The summed E-state index contributed by atoms with van der Waals surface area (Å²) in [6.07, 6.45) is 1.17. The number of carbonyl (C=O) groups is 1. The van der Waals surface area contributed by atoms with Gasteiger partial charge < -0.3 is 4.74 Å². The van der Waals surface area contributed by atoms with Crippen LogP contribution in [0.15, 0.2) is 23.2 Å². The average Bonchev–Trinajstić information content (AvgIpc) is 2.14. The van der Waals surface area contributed by atoms with Gasteiger partial charge in [-0.3, -0.25) is 4.79 Å².